The van der Waals surface area contributed by atoms with Crippen molar-refractivity contribution in [1.82, 2.24) is 0 Å². The molecular weight excluding hydrogens is 319 g/mol. The lowest BCUT2D eigenvalue weighted by atomic mass is 10.2. The molecule has 23 heavy (non-hydrogen) atoms. The summed E-state index contributed by atoms with van der Waals surface area (Å²) in [5, 5.41) is 0.645. The highest BCUT2D eigenvalue weighted by molar-refractivity contribution is 6.30. The summed E-state index contributed by atoms with van der Waals surface area (Å²) >= 11 is 5.82. The molecule has 2 aromatic carbocycles. The van der Waals surface area contributed by atoms with Gasteiger partial charge in [0.05, 0.1) is 6.54 Å². The molecule has 0 fully saturated rings. The van der Waals surface area contributed by atoms with Gasteiger partial charge in [0.15, 0.2) is 0 Å². The summed E-state index contributed by atoms with van der Waals surface area (Å²) in [6.07, 6.45) is 0.221. The molecule has 2 N–H and O–H groups in total. The van der Waals surface area contributed by atoms with Gasteiger partial charge in [-0.05, 0) is 48.5 Å². The summed E-state index contributed by atoms with van der Waals surface area (Å²) in [5.41, 5.74) is 6.02. The lowest BCUT2D eigenvalue weighted by Gasteiger charge is -2.24. The number of amides is 1. The summed E-state index contributed by atoms with van der Waals surface area (Å²) in [5.74, 6) is 0.0279. The molecule has 6 heteroatoms. The van der Waals surface area contributed by atoms with Crippen LogP contribution < -0.4 is 15.4 Å². The number of nitrogens with zero attached hydrogens (tertiary/aromatic N) is 1. The Balaban J connectivity index is 1.95. The number of anilines is 1. The van der Waals surface area contributed by atoms with E-state index in [1.54, 1.807) is 36.4 Å². The molecule has 0 saturated carbocycles. The Kier molecular flexibility index (Phi) is 6.23. The molecule has 2 aromatic rings. The topological polar surface area (TPSA) is 55.6 Å². The minimum atomic E-state index is -0.379. The number of carbonyl (C=O) groups excluding carboxylic acids is 1. The second-order valence-electron chi connectivity index (χ2n) is 4.98. The number of carbonyl (C=O) groups is 1. The largest absolute Gasteiger partial charge is 0.492 e. The number of hydrogen-bond acceptors (Lipinski definition) is 3. The van der Waals surface area contributed by atoms with Crippen LogP contribution in [0.3, 0.4) is 0 Å². The van der Waals surface area contributed by atoms with Crippen molar-refractivity contribution in [2.24, 2.45) is 5.73 Å². The van der Waals surface area contributed by atoms with Crippen LogP contribution in [0.1, 0.15) is 6.42 Å². The maximum atomic E-state index is 13.0. The molecule has 0 spiro atoms. The van der Waals surface area contributed by atoms with E-state index in [2.05, 4.69) is 0 Å². The average molecular weight is 337 g/mol. The van der Waals surface area contributed by atoms with Gasteiger partial charge in [-0.3, -0.25) is 4.79 Å². The van der Waals surface area contributed by atoms with Crippen molar-refractivity contribution in [3.05, 3.63) is 59.4 Å². The molecule has 2 rings (SSSR count). The van der Waals surface area contributed by atoms with Gasteiger partial charge in [0, 0.05) is 23.7 Å². The summed E-state index contributed by atoms with van der Waals surface area (Å²) in [6, 6.07) is 13.2. The molecule has 0 aliphatic heterocycles. The standard InChI is InChI=1S/C17H18ClFN2O2/c18-13-1-7-16(8-2-13)23-12-11-21(10-9-17(20)22)15-5-3-14(19)4-6-15/h1-8H,9-12H2,(H2,20,22). The van der Waals surface area contributed by atoms with Crippen LogP contribution in [0.25, 0.3) is 0 Å². The Morgan fingerprint density at radius 3 is 2.35 bits per heavy atom. The fraction of sp³-hybridized carbons (Fsp3) is 0.235. The van der Waals surface area contributed by atoms with Gasteiger partial charge in [-0.1, -0.05) is 11.6 Å². The van der Waals surface area contributed by atoms with Gasteiger partial charge in [-0.25, -0.2) is 4.39 Å². The summed E-state index contributed by atoms with van der Waals surface area (Å²) < 4.78 is 18.7. The molecule has 122 valence electrons. The molecule has 1 amide bonds. The van der Waals surface area contributed by atoms with Gasteiger partial charge in [0.25, 0.3) is 0 Å². The van der Waals surface area contributed by atoms with Crippen LogP contribution in [-0.2, 0) is 4.79 Å². The number of benzene rings is 2. The predicted octanol–water partition coefficient (Wildman–Crippen LogP) is 3.24. The Hall–Kier alpha value is -2.27. The zero-order valence-electron chi connectivity index (χ0n) is 12.5. The van der Waals surface area contributed by atoms with Crippen LogP contribution >= 0.6 is 11.6 Å². The van der Waals surface area contributed by atoms with Crippen molar-refractivity contribution in [1.29, 1.82) is 0 Å². The van der Waals surface area contributed by atoms with Gasteiger partial charge in [0.1, 0.15) is 18.2 Å². The van der Waals surface area contributed by atoms with Gasteiger partial charge in [0.2, 0.25) is 5.91 Å². The maximum absolute atomic E-state index is 13.0. The van der Waals surface area contributed by atoms with E-state index < -0.39 is 0 Å². The normalized spacial score (nSPS) is 10.3. The van der Waals surface area contributed by atoms with E-state index in [0.29, 0.717) is 30.5 Å². The fourth-order valence-electron chi connectivity index (χ4n) is 2.07. The number of hydrogen-bond donors (Lipinski definition) is 1. The van der Waals surface area contributed by atoms with Crippen LogP contribution in [0.2, 0.25) is 5.02 Å². The van der Waals surface area contributed by atoms with Crippen LogP contribution in [0.4, 0.5) is 10.1 Å². The molecule has 0 radical (unpaired) electrons. The van der Waals surface area contributed by atoms with Gasteiger partial charge < -0.3 is 15.4 Å². The molecule has 0 unspecified atom stereocenters. The van der Waals surface area contributed by atoms with E-state index in [0.717, 1.165) is 5.69 Å². The molecule has 4 nitrogen and oxygen atoms in total. The Morgan fingerprint density at radius 1 is 1.09 bits per heavy atom. The third-order valence-electron chi connectivity index (χ3n) is 3.26. The quantitative estimate of drug-likeness (QED) is 0.805. The number of rotatable bonds is 8. The van der Waals surface area contributed by atoms with E-state index in [9.17, 15) is 9.18 Å². The second kappa shape index (κ2) is 8.39. The highest BCUT2D eigenvalue weighted by Crippen LogP contribution is 2.17. The molecule has 0 aliphatic rings. The van der Waals surface area contributed by atoms with Crippen molar-refractivity contribution >= 4 is 23.2 Å². The molecule has 0 aliphatic carbocycles. The summed E-state index contributed by atoms with van der Waals surface area (Å²) in [6.45, 7) is 1.41. The Bertz CT molecular complexity index is 632. The number of ether oxygens (including phenoxy) is 1. The lowest BCUT2D eigenvalue weighted by molar-refractivity contribution is -0.117. The van der Waals surface area contributed by atoms with Crippen LogP contribution in [0, 0.1) is 5.82 Å². The minimum absolute atomic E-state index is 0.221. The molecule has 0 aromatic heterocycles. The Labute approximate surface area is 139 Å². The first-order valence-electron chi connectivity index (χ1n) is 7.22. The predicted molar refractivity (Wildman–Crippen MR) is 89.4 cm³/mol. The van der Waals surface area contributed by atoms with Crippen molar-refractivity contribution < 1.29 is 13.9 Å². The van der Waals surface area contributed by atoms with E-state index in [-0.39, 0.29) is 18.1 Å². The third kappa shape index (κ3) is 5.79. The van der Waals surface area contributed by atoms with Crippen molar-refractivity contribution in [2.45, 2.75) is 6.42 Å². The molecular formula is C17H18ClFN2O2. The lowest BCUT2D eigenvalue weighted by Crippen LogP contribution is -2.31. The van der Waals surface area contributed by atoms with Gasteiger partial charge >= 0.3 is 0 Å². The van der Waals surface area contributed by atoms with E-state index >= 15 is 0 Å². The zero-order chi connectivity index (χ0) is 16.7. The maximum Gasteiger partial charge on any atom is 0.219 e. The molecule has 0 atom stereocenters. The summed E-state index contributed by atoms with van der Waals surface area (Å²) in [4.78, 5) is 12.9. The fourth-order valence-corrected chi connectivity index (χ4v) is 2.20. The third-order valence-corrected chi connectivity index (χ3v) is 3.52. The Morgan fingerprint density at radius 2 is 1.74 bits per heavy atom. The van der Waals surface area contributed by atoms with Crippen molar-refractivity contribution in [2.75, 3.05) is 24.6 Å². The monoisotopic (exact) mass is 336 g/mol. The molecule has 0 bridgehead atoms. The highest BCUT2D eigenvalue weighted by atomic mass is 35.5. The average Bonchev–Trinajstić information content (AvgIpc) is 2.53. The zero-order valence-corrected chi connectivity index (χ0v) is 13.3. The first-order valence-corrected chi connectivity index (χ1v) is 7.59. The number of nitrogens with two attached hydrogens (primary N) is 1. The summed E-state index contributed by atoms with van der Waals surface area (Å²) in [7, 11) is 0. The van der Waals surface area contributed by atoms with E-state index in [1.165, 1.54) is 12.1 Å². The van der Waals surface area contributed by atoms with E-state index in [4.69, 9.17) is 22.1 Å². The number of primary amides is 1. The highest BCUT2D eigenvalue weighted by Gasteiger charge is 2.09. The molecule has 0 heterocycles. The van der Waals surface area contributed by atoms with Crippen molar-refractivity contribution in [3.8, 4) is 5.75 Å². The second-order valence-corrected chi connectivity index (χ2v) is 5.42. The van der Waals surface area contributed by atoms with Gasteiger partial charge in [-0.15, -0.1) is 0 Å². The number of halogens is 2. The van der Waals surface area contributed by atoms with E-state index in [1.807, 2.05) is 4.90 Å². The van der Waals surface area contributed by atoms with Crippen LogP contribution in [0.15, 0.2) is 48.5 Å². The SMILES string of the molecule is NC(=O)CCN(CCOc1ccc(Cl)cc1)c1ccc(F)cc1. The smallest absolute Gasteiger partial charge is 0.219 e. The van der Waals surface area contributed by atoms with Crippen molar-refractivity contribution in [3.63, 3.8) is 0 Å². The molecule has 0 saturated heterocycles. The first-order chi connectivity index (χ1) is 11.0. The van der Waals surface area contributed by atoms with Gasteiger partial charge in [-0.2, -0.15) is 0 Å². The van der Waals surface area contributed by atoms with Crippen LogP contribution in [-0.4, -0.2) is 25.6 Å². The van der Waals surface area contributed by atoms with Crippen LogP contribution in [0.5, 0.6) is 5.75 Å². The first kappa shape index (κ1) is 17.1. The minimum Gasteiger partial charge on any atom is -0.492 e.